The number of aromatic nitrogens is 4. The Bertz CT molecular complexity index is 1950. The Hall–Kier alpha value is -5.76. The molecule has 2 aliphatic rings. The topological polar surface area (TPSA) is 64.5 Å². The highest BCUT2D eigenvalue weighted by Crippen LogP contribution is 2.56. The minimum atomic E-state index is -0.306. The second-order valence-corrected chi connectivity index (χ2v) is 15.1. The number of benzene rings is 2. The summed E-state index contributed by atoms with van der Waals surface area (Å²) in [6.07, 6.45) is 14.6. The molecule has 8 rings (SSSR count). The standard InChI is InChI=1S/C42H42N8/c1-41(2,3)29-15-17-35-37(23-29)49(33-13-9-21-45-27-33)39(47(35)31-11-7-19-43-25-31)40-48(32-12-8-20-44-26-32)36-18-16-30(42(4,5)6)24-38(36)50(40)34-14-10-22-46-28-34/h7-28,39-40H,1-6H3. The lowest BCUT2D eigenvalue weighted by Gasteiger charge is -2.44. The highest BCUT2D eigenvalue weighted by Gasteiger charge is 2.52. The van der Waals surface area contributed by atoms with Crippen molar-refractivity contribution in [3.8, 4) is 0 Å². The average molecular weight is 659 g/mol. The van der Waals surface area contributed by atoms with Crippen LogP contribution >= 0.6 is 0 Å². The van der Waals surface area contributed by atoms with Gasteiger partial charge in [0.25, 0.3) is 0 Å². The third-order valence-corrected chi connectivity index (χ3v) is 9.74. The largest absolute Gasteiger partial charge is 0.313 e. The number of hydrogen-bond acceptors (Lipinski definition) is 8. The summed E-state index contributed by atoms with van der Waals surface area (Å²) in [5.41, 5.74) is 10.8. The Balaban J connectivity index is 1.46. The van der Waals surface area contributed by atoms with Crippen molar-refractivity contribution in [1.29, 1.82) is 0 Å². The number of pyridine rings is 4. The van der Waals surface area contributed by atoms with Gasteiger partial charge in [-0.2, -0.15) is 0 Å². The van der Waals surface area contributed by atoms with Gasteiger partial charge in [-0.05, 0) is 94.8 Å². The molecule has 50 heavy (non-hydrogen) atoms. The first-order valence-electron chi connectivity index (χ1n) is 17.2. The van der Waals surface area contributed by atoms with Gasteiger partial charge in [-0.3, -0.25) is 19.9 Å². The molecule has 2 aliphatic heterocycles. The predicted octanol–water partition coefficient (Wildman–Crippen LogP) is 9.79. The van der Waals surface area contributed by atoms with Gasteiger partial charge >= 0.3 is 0 Å². The van der Waals surface area contributed by atoms with E-state index >= 15 is 0 Å². The molecule has 0 fully saturated rings. The van der Waals surface area contributed by atoms with Crippen molar-refractivity contribution in [3.63, 3.8) is 0 Å². The minimum Gasteiger partial charge on any atom is -0.313 e. The first kappa shape index (κ1) is 31.5. The van der Waals surface area contributed by atoms with E-state index in [0.29, 0.717) is 0 Å². The van der Waals surface area contributed by atoms with Crippen molar-refractivity contribution in [2.24, 2.45) is 0 Å². The molecule has 0 aliphatic carbocycles. The number of rotatable bonds is 5. The Labute approximate surface area is 294 Å². The molecular formula is C42H42N8. The van der Waals surface area contributed by atoms with Gasteiger partial charge in [-0.15, -0.1) is 0 Å². The van der Waals surface area contributed by atoms with Crippen molar-refractivity contribution >= 4 is 45.5 Å². The number of anilines is 8. The summed E-state index contributed by atoms with van der Waals surface area (Å²) in [5.74, 6) is 0. The van der Waals surface area contributed by atoms with Crippen molar-refractivity contribution < 1.29 is 0 Å². The third kappa shape index (κ3) is 5.32. The van der Waals surface area contributed by atoms with Crippen LogP contribution in [-0.2, 0) is 10.8 Å². The summed E-state index contributed by atoms with van der Waals surface area (Å²) < 4.78 is 0. The van der Waals surface area contributed by atoms with Gasteiger partial charge in [0.2, 0.25) is 0 Å². The second-order valence-electron chi connectivity index (χ2n) is 15.1. The van der Waals surface area contributed by atoms with Crippen LogP contribution in [-0.4, -0.2) is 32.3 Å². The smallest absolute Gasteiger partial charge is 0.151 e. The highest BCUT2D eigenvalue weighted by atomic mass is 15.5. The Morgan fingerprint density at radius 3 is 0.960 bits per heavy atom. The molecule has 8 nitrogen and oxygen atoms in total. The summed E-state index contributed by atoms with van der Waals surface area (Å²) >= 11 is 0. The van der Waals surface area contributed by atoms with Gasteiger partial charge in [0.15, 0.2) is 12.3 Å². The quantitative estimate of drug-likeness (QED) is 0.181. The number of hydrogen-bond donors (Lipinski definition) is 0. The van der Waals surface area contributed by atoms with E-state index in [1.165, 1.54) is 11.1 Å². The molecular weight excluding hydrogens is 617 g/mol. The van der Waals surface area contributed by atoms with Crippen LogP contribution in [0.1, 0.15) is 52.7 Å². The maximum atomic E-state index is 4.64. The Kier molecular flexibility index (Phi) is 7.55. The molecule has 0 bridgehead atoms. The molecule has 0 saturated heterocycles. The van der Waals surface area contributed by atoms with E-state index in [9.17, 15) is 0 Å². The van der Waals surface area contributed by atoms with Crippen molar-refractivity contribution in [2.75, 3.05) is 19.6 Å². The molecule has 2 unspecified atom stereocenters. The molecule has 6 heterocycles. The van der Waals surface area contributed by atoms with Crippen LogP contribution in [0, 0.1) is 0 Å². The van der Waals surface area contributed by atoms with Crippen LogP contribution in [0.2, 0.25) is 0 Å². The fourth-order valence-electron chi connectivity index (χ4n) is 7.26. The number of nitrogens with zero attached hydrogens (tertiary/aromatic N) is 8. The Morgan fingerprint density at radius 1 is 0.400 bits per heavy atom. The van der Waals surface area contributed by atoms with Gasteiger partial charge in [0.1, 0.15) is 0 Å². The predicted molar refractivity (Wildman–Crippen MR) is 203 cm³/mol. The fourth-order valence-corrected chi connectivity index (χ4v) is 7.26. The molecule has 2 atom stereocenters. The van der Waals surface area contributed by atoms with E-state index in [1.807, 2.05) is 73.8 Å². The fraction of sp³-hybridized carbons (Fsp3) is 0.238. The minimum absolute atomic E-state index is 0.0523. The lowest BCUT2D eigenvalue weighted by atomic mass is 9.86. The van der Waals surface area contributed by atoms with Crippen LogP contribution in [0.4, 0.5) is 45.5 Å². The molecule has 0 spiro atoms. The maximum Gasteiger partial charge on any atom is 0.151 e. The summed E-state index contributed by atoms with van der Waals surface area (Å²) in [6, 6.07) is 30.5. The van der Waals surface area contributed by atoms with Gasteiger partial charge in [0.05, 0.1) is 70.3 Å². The number of fused-ring (bicyclic) bond motifs is 2. The normalized spacial score (nSPS) is 17.2. The summed E-state index contributed by atoms with van der Waals surface area (Å²) in [7, 11) is 0. The van der Waals surface area contributed by atoms with E-state index in [4.69, 9.17) is 0 Å². The van der Waals surface area contributed by atoms with Crippen LogP contribution in [0.15, 0.2) is 135 Å². The van der Waals surface area contributed by atoms with Gasteiger partial charge in [-0.1, -0.05) is 53.7 Å². The second kappa shape index (κ2) is 12.0. The zero-order valence-electron chi connectivity index (χ0n) is 29.4. The van der Waals surface area contributed by atoms with Crippen molar-refractivity contribution in [3.05, 3.63) is 146 Å². The lowest BCUT2D eigenvalue weighted by Crippen LogP contribution is -2.58. The van der Waals surface area contributed by atoms with E-state index in [1.54, 1.807) is 0 Å². The van der Waals surface area contributed by atoms with E-state index in [2.05, 4.69) is 142 Å². The maximum absolute atomic E-state index is 4.64. The molecule has 0 radical (unpaired) electrons. The summed E-state index contributed by atoms with van der Waals surface area (Å²) in [6.45, 7) is 13.6. The molecule has 8 heteroatoms. The van der Waals surface area contributed by atoms with Gasteiger partial charge in [0, 0.05) is 24.8 Å². The van der Waals surface area contributed by atoms with Crippen LogP contribution in [0.3, 0.4) is 0 Å². The van der Waals surface area contributed by atoms with Crippen LogP contribution < -0.4 is 19.6 Å². The molecule has 0 N–H and O–H groups in total. The van der Waals surface area contributed by atoms with Gasteiger partial charge in [-0.25, -0.2) is 0 Å². The van der Waals surface area contributed by atoms with Gasteiger partial charge < -0.3 is 19.6 Å². The molecule has 4 aromatic heterocycles. The van der Waals surface area contributed by atoms with E-state index in [-0.39, 0.29) is 23.2 Å². The molecule has 250 valence electrons. The molecule has 2 aromatic carbocycles. The van der Waals surface area contributed by atoms with Crippen molar-refractivity contribution in [2.45, 2.75) is 64.7 Å². The third-order valence-electron chi connectivity index (χ3n) is 9.74. The van der Waals surface area contributed by atoms with E-state index < -0.39 is 0 Å². The van der Waals surface area contributed by atoms with Crippen LogP contribution in [0.5, 0.6) is 0 Å². The zero-order chi connectivity index (χ0) is 34.6. The van der Waals surface area contributed by atoms with E-state index in [0.717, 1.165) is 45.5 Å². The molecule has 6 aromatic rings. The molecule has 0 amide bonds. The highest BCUT2D eigenvalue weighted by molar-refractivity contribution is 5.94. The SMILES string of the molecule is CC(C)(C)c1ccc2c(c1)N(c1cccnc1)C(C1N(c3cccnc3)c3ccc(C(C)(C)C)cc3N1c1cccnc1)N2c1cccnc1. The first-order valence-corrected chi connectivity index (χ1v) is 17.2. The monoisotopic (exact) mass is 658 g/mol. The average Bonchev–Trinajstić information content (AvgIpc) is 3.64. The summed E-state index contributed by atoms with van der Waals surface area (Å²) in [5, 5.41) is 0. The van der Waals surface area contributed by atoms with Crippen molar-refractivity contribution in [1.82, 2.24) is 19.9 Å². The lowest BCUT2D eigenvalue weighted by molar-refractivity contribution is 0.548. The first-order chi connectivity index (χ1) is 24.1. The summed E-state index contributed by atoms with van der Waals surface area (Å²) in [4.78, 5) is 28.3. The Morgan fingerprint density at radius 2 is 0.700 bits per heavy atom. The zero-order valence-corrected chi connectivity index (χ0v) is 29.4. The molecule has 0 saturated carbocycles. The van der Waals surface area contributed by atoms with Crippen LogP contribution in [0.25, 0.3) is 0 Å².